The fourth-order valence-electron chi connectivity index (χ4n) is 2.62. The molecule has 106 valence electrons. The van der Waals surface area contributed by atoms with Crippen molar-refractivity contribution in [3.05, 3.63) is 0 Å². The lowest BCUT2D eigenvalue weighted by atomic mass is 10.0. The highest BCUT2D eigenvalue weighted by atomic mass is 16.5. The lowest BCUT2D eigenvalue weighted by molar-refractivity contribution is -0.118. The van der Waals surface area contributed by atoms with Gasteiger partial charge in [-0.05, 0) is 33.2 Å². The van der Waals surface area contributed by atoms with Crippen molar-refractivity contribution >= 4 is 5.78 Å². The average Bonchev–Trinajstić information content (AvgIpc) is 2.52. The van der Waals surface area contributed by atoms with Gasteiger partial charge in [-0.25, -0.2) is 0 Å². The van der Waals surface area contributed by atoms with Gasteiger partial charge in [-0.3, -0.25) is 9.69 Å². The summed E-state index contributed by atoms with van der Waals surface area (Å²) < 4.78 is 5.24. The van der Waals surface area contributed by atoms with Gasteiger partial charge < -0.3 is 9.84 Å². The smallest absolute Gasteiger partial charge is 0.131 e. The molecule has 0 spiro atoms. The summed E-state index contributed by atoms with van der Waals surface area (Å²) in [6, 6.07) is 0.307. The van der Waals surface area contributed by atoms with Gasteiger partial charge in [0.1, 0.15) is 5.78 Å². The molecule has 1 fully saturated rings. The summed E-state index contributed by atoms with van der Waals surface area (Å²) in [5.41, 5.74) is 0. The maximum Gasteiger partial charge on any atom is 0.131 e. The van der Waals surface area contributed by atoms with Gasteiger partial charge in [-0.1, -0.05) is 12.8 Å². The van der Waals surface area contributed by atoms with Crippen LogP contribution < -0.4 is 0 Å². The van der Waals surface area contributed by atoms with Crippen molar-refractivity contribution in [1.82, 2.24) is 4.90 Å². The second-order valence-electron chi connectivity index (χ2n) is 5.22. The van der Waals surface area contributed by atoms with Crippen LogP contribution in [0.15, 0.2) is 0 Å². The first-order chi connectivity index (χ1) is 8.63. The van der Waals surface area contributed by atoms with Crippen LogP contribution in [-0.4, -0.2) is 54.2 Å². The molecule has 1 aliphatic rings. The van der Waals surface area contributed by atoms with Crippen molar-refractivity contribution in [2.75, 3.05) is 26.3 Å². The van der Waals surface area contributed by atoms with Gasteiger partial charge in [-0.2, -0.15) is 0 Å². The second kappa shape index (κ2) is 8.62. The fraction of sp³-hybridized carbons (Fsp3) is 0.929. The van der Waals surface area contributed by atoms with Crippen LogP contribution in [0.2, 0.25) is 0 Å². The standard InChI is InChI=1S/C14H27NO3/c1-3-18-11-14(17)10-15-8-6-4-5-7-13(15)9-12(2)16/h13-14,17H,3-11H2,1-2H3. The van der Waals surface area contributed by atoms with E-state index in [4.69, 9.17) is 4.74 Å². The van der Waals surface area contributed by atoms with Crippen LogP contribution in [0, 0.1) is 0 Å². The zero-order valence-corrected chi connectivity index (χ0v) is 11.7. The first-order valence-electron chi connectivity index (χ1n) is 7.12. The number of hydrogen-bond donors (Lipinski definition) is 1. The Hall–Kier alpha value is -0.450. The van der Waals surface area contributed by atoms with Crippen LogP contribution in [0.4, 0.5) is 0 Å². The number of ketones is 1. The van der Waals surface area contributed by atoms with Crippen molar-refractivity contribution in [2.24, 2.45) is 0 Å². The SMILES string of the molecule is CCOCC(O)CN1CCCCCC1CC(C)=O. The molecule has 0 saturated carbocycles. The third kappa shape index (κ3) is 5.94. The van der Waals surface area contributed by atoms with Gasteiger partial charge in [-0.15, -0.1) is 0 Å². The number of carbonyl (C=O) groups excluding carboxylic acids is 1. The number of nitrogens with zero attached hydrogens (tertiary/aromatic N) is 1. The van der Waals surface area contributed by atoms with Crippen LogP contribution >= 0.6 is 0 Å². The van der Waals surface area contributed by atoms with Crippen molar-refractivity contribution in [2.45, 2.75) is 58.1 Å². The zero-order valence-electron chi connectivity index (χ0n) is 11.7. The molecule has 2 unspecified atom stereocenters. The van der Waals surface area contributed by atoms with E-state index in [1.807, 2.05) is 6.92 Å². The van der Waals surface area contributed by atoms with Crippen LogP contribution in [0.25, 0.3) is 0 Å². The molecule has 18 heavy (non-hydrogen) atoms. The number of aliphatic hydroxyl groups excluding tert-OH is 1. The number of likely N-dealkylation sites (tertiary alicyclic amines) is 1. The highest BCUT2D eigenvalue weighted by Crippen LogP contribution is 2.19. The predicted molar refractivity (Wildman–Crippen MR) is 71.6 cm³/mol. The van der Waals surface area contributed by atoms with E-state index < -0.39 is 6.10 Å². The predicted octanol–water partition coefficient (Wildman–Crippen LogP) is 1.61. The number of Topliss-reactive ketones (excluding diaryl/α,β-unsaturated/α-hetero) is 1. The van der Waals surface area contributed by atoms with Gasteiger partial charge in [0.15, 0.2) is 0 Å². The average molecular weight is 257 g/mol. The van der Waals surface area contributed by atoms with E-state index in [2.05, 4.69) is 4.90 Å². The molecular weight excluding hydrogens is 230 g/mol. The molecule has 1 heterocycles. The van der Waals surface area contributed by atoms with E-state index in [9.17, 15) is 9.90 Å². The minimum Gasteiger partial charge on any atom is -0.389 e. The summed E-state index contributed by atoms with van der Waals surface area (Å²) in [6.45, 7) is 6.21. The van der Waals surface area contributed by atoms with Crippen molar-refractivity contribution in [3.8, 4) is 0 Å². The van der Waals surface area contributed by atoms with Gasteiger partial charge in [0, 0.05) is 25.6 Å². The Morgan fingerprint density at radius 3 is 2.89 bits per heavy atom. The molecule has 1 saturated heterocycles. The third-order valence-corrected chi connectivity index (χ3v) is 3.48. The van der Waals surface area contributed by atoms with Crippen molar-refractivity contribution in [1.29, 1.82) is 0 Å². The minimum absolute atomic E-state index is 0.242. The molecule has 0 amide bonds. The summed E-state index contributed by atoms with van der Waals surface area (Å²) in [5.74, 6) is 0.242. The highest BCUT2D eigenvalue weighted by molar-refractivity contribution is 5.76. The number of aliphatic hydroxyl groups is 1. The lowest BCUT2D eigenvalue weighted by Gasteiger charge is -2.31. The van der Waals surface area contributed by atoms with Gasteiger partial charge in [0.25, 0.3) is 0 Å². The molecule has 0 bridgehead atoms. The van der Waals surface area contributed by atoms with E-state index in [1.165, 1.54) is 12.8 Å². The molecule has 4 nitrogen and oxygen atoms in total. The molecule has 4 heteroatoms. The first-order valence-corrected chi connectivity index (χ1v) is 7.12. The van der Waals surface area contributed by atoms with E-state index in [1.54, 1.807) is 6.92 Å². The summed E-state index contributed by atoms with van der Waals surface area (Å²) >= 11 is 0. The summed E-state index contributed by atoms with van der Waals surface area (Å²) in [6.07, 6.45) is 4.82. The number of carbonyl (C=O) groups is 1. The lowest BCUT2D eigenvalue weighted by Crippen LogP contribution is -2.42. The molecule has 0 radical (unpaired) electrons. The van der Waals surface area contributed by atoms with E-state index in [-0.39, 0.29) is 5.78 Å². The molecule has 2 atom stereocenters. The largest absolute Gasteiger partial charge is 0.389 e. The number of hydrogen-bond acceptors (Lipinski definition) is 4. The Balaban J connectivity index is 2.47. The van der Waals surface area contributed by atoms with Crippen LogP contribution in [0.3, 0.4) is 0 Å². The minimum atomic E-state index is -0.447. The molecule has 0 aromatic heterocycles. The Labute approximate surface area is 110 Å². The summed E-state index contributed by atoms with van der Waals surface area (Å²) in [7, 11) is 0. The van der Waals surface area contributed by atoms with Crippen LogP contribution in [0.1, 0.15) is 46.0 Å². The Bertz CT molecular complexity index is 245. The monoisotopic (exact) mass is 257 g/mol. The highest BCUT2D eigenvalue weighted by Gasteiger charge is 2.24. The molecule has 0 aliphatic carbocycles. The Morgan fingerprint density at radius 2 is 2.22 bits per heavy atom. The molecule has 1 rings (SSSR count). The third-order valence-electron chi connectivity index (χ3n) is 3.48. The van der Waals surface area contributed by atoms with Crippen molar-refractivity contribution < 1.29 is 14.6 Å². The van der Waals surface area contributed by atoms with E-state index >= 15 is 0 Å². The van der Waals surface area contributed by atoms with Crippen LogP contribution in [-0.2, 0) is 9.53 Å². The first kappa shape index (κ1) is 15.6. The fourth-order valence-corrected chi connectivity index (χ4v) is 2.62. The van der Waals surface area contributed by atoms with Crippen LogP contribution in [0.5, 0.6) is 0 Å². The van der Waals surface area contributed by atoms with Gasteiger partial charge in [0.2, 0.25) is 0 Å². The van der Waals surface area contributed by atoms with E-state index in [0.29, 0.717) is 32.2 Å². The number of ether oxygens (including phenoxy) is 1. The molecule has 1 N–H and O–H groups in total. The molecule has 1 aliphatic heterocycles. The topological polar surface area (TPSA) is 49.8 Å². The number of rotatable bonds is 7. The van der Waals surface area contributed by atoms with E-state index in [0.717, 1.165) is 19.4 Å². The Kier molecular flexibility index (Phi) is 7.47. The maximum atomic E-state index is 11.3. The van der Waals surface area contributed by atoms with Gasteiger partial charge >= 0.3 is 0 Å². The normalized spacial score (nSPS) is 23.6. The maximum absolute atomic E-state index is 11.3. The molecular formula is C14H27NO3. The zero-order chi connectivity index (χ0) is 13.4. The van der Waals surface area contributed by atoms with Gasteiger partial charge in [0.05, 0.1) is 12.7 Å². The summed E-state index contributed by atoms with van der Waals surface area (Å²) in [4.78, 5) is 13.6. The molecule has 0 aromatic rings. The summed E-state index contributed by atoms with van der Waals surface area (Å²) in [5, 5.41) is 9.92. The quantitative estimate of drug-likeness (QED) is 0.753. The number of β-amino-alcohol motifs (C(OH)–C–C–N with tert-alkyl or cyclic N) is 1. The second-order valence-corrected chi connectivity index (χ2v) is 5.22. The molecule has 0 aromatic carbocycles. The van der Waals surface area contributed by atoms with Crippen molar-refractivity contribution in [3.63, 3.8) is 0 Å². The Morgan fingerprint density at radius 1 is 1.44 bits per heavy atom.